The number of ether oxygens (including phenoxy) is 1. The van der Waals surface area contributed by atoms with E-state index in [9.17, 15) is 4.79 Å². The van der Waals surface area contributed by atoms with Gasteiger partial charge in [-0.25, -0.2) is 4.68 Å². The molecule has 1 amide bonds. The first-order chi connectivity index (χ1) is 12.6. The maximum atomic E-state index is 12.2. The van der Waals surface area contributed by atoms with Gasteiger partial charge in [0.25, 0.3) is 0 Å². The van der Waals surface area contributed by atoms with Crippen LogP contribution in [0.3, 0.4) is 0 Å². The quantitative estimate of drug-likeness (QED) is 0.663. The van der Waals surface area contributed by atoms with Crippen LogP contribution >= 0.6 is 11.6 Å². The van der Waals surface area contributed by atoms with Crippen molar-refractivity contribution in [1.82, 2.24) is 9.78 Å². The van der Waals surface area contributed by atoms with E-state index in [-0.39, 0.29) is 5.91 Å². The third-order valence-electron chi connectivity index (χ3n) is 3.73. The summed E-state index contributed by atoms with van der Waals surface area (Å²) in [5, 5.41) is 7.76. The normalized spacial score (nSPS) is 10.8. The topological polar surface area (TPSA) is 56.1 Å². The summed E-state index contributed by atoms with van der Waals surface area (Å²) in [5.41, 5.74) is 1.92. The molecule has 0 bridgehead atoms. The zero-order valence-corrected chi connectivity index (χ0v) is 15.0. The van der Waals surface area contributed by atoms with Gasteiger partial charge >= 0.3 is 0 Å². The number of carbonyl (C=O) groups excluding carboxylic acids is 1. The maximum Gasteiger partial charge on any atom is 0.249 e. The molecular weight excluding hydrogens is 350 g/mol. The van der Waals surface area contributed by atoms with Gasteiger partial charge in [-0.05, 0) is 41.5 Å². The molecule has 26 heavy (non-hydrogen) atoms. The molecule has 0 aliphatic carbocycles. The SMILES string of the molecule is COc1ccc(/C=C/C(=O)Nc2ccnn2Cc2cccc(Cl)c2)cc1. The molecule has 0 unspecified atom stereocenters. The zero-order valence-electron chi connectivity index (χ0n) is 14.2. The number of nitrogens with zero attached hydrogens (tertiary/aromatic N) is 2. The molecule has 0 radical (unpaired) electrons. The van der Waals surface area contributed by atoms with Crippen LogP contribution in [0.15, 0.2) is 66.9 Å². The summed E-state index contributed by atoms with van der Waals surface area (Å²) < 4.78 is 6.83. The molecule has 1 N–H and O–H groups in total. The second-order valence-corrected chi connectivity index (χ2v) is 6.04. The largest absolute Gasteiger partial charge is 0.497 e. The lowest BCUT2D eigenvalue weighted by Crippen LogP contribution is -2.13. The van der Waals surface area contributed by atoms with Crippen molar-refractivity contribution in [2.75, 3.05) is 12.4 Å². The van der Waals surface area contributed by atoms with Crippen LogP contribution in [0.5, 0.6) is 5.75 Å². The lowest BCUT2D eigenvalue weighted by molar-refractivity contribution is -0.111. The molecule has 6 heteroatoms. The van der Waals surface area contributed by atoms with E-state index in [1.165, 1.54) is 6.08 Å². The van der Waals surface area contributed by atoms with E-state index in [4.69, 9.17) is 16.3 Å². The fourth-order valence-electron chi connectivity index (χ4n) is 2.43. The van der Waals surface area contributed by atoms with Crippen molar-refractivity contribution < 1.29 is 9.53 Å². The predicted molar refractivity (Wildman–Crippen MR) is 103 cm³/mol. The van der Waals surface area contributed by atoms with Crippen molar-refractivity contribution in [2.45, 2.75) is 6.54 Å². The van der Waals surface area contributed by atoms with Crippen molar-refractivity contribution >= 4 is 29.4 Å². The molecule has 1 heterocycles. The van der Waals surface area contributed by atoms with Crippen molar-refractivity contribution in [3.05, 3.63) is 83.0 Å². The summed E-state index contributed by atoms with van der Waals surface area (Å²) in [7, 11) is 1.62. The number of methoxy groups -OCH3 is 1. The monoisotopic (exact) mass is 367 g/mol. The molecule has 0 atom stereocenters. The number of halogens is 1. The number of rotatable bonds is 6. The summed E-state index contributed by atoms with van der Waals surface area (Å²) >= 11 is 6.01. The second-order valence-electron chi connectivity index (χ2n) is 5.60. The van der Waals surface area contributed by atoms with Gasteiger partial charge in [0.1, 0.15) is 11.6 Å². The summed E-state index contributed by atoms with van der Waals surface area (Å²) in [6.45, 7) is 0.519. The highest BCUT2D eigenvalue weighted by Gasteiger charge is 2.06. The number of anilines is 1. The minimum absolute atomic E-state index is 0.228. The van der Waals surface area contributed by atoms with Crippen molar-refractivity contribution in [3.8, 4) is 5.75 Å². The van der Waals surface area contributed by atoms with Crippen molar-refractivity contribution in [2.24, 2.45) is 0 Å². The highest BCUT2D eigenvalue weighted by Crippen LogP contribution is 2.15. The Labute approximate surface area is 156 Å². The molecule has 0 aliphatic rings. The molecule has 1 aromatic heterocycles. The van der Waals surface area contributed by atoms with Crippen LogP contribution in [-0.4, -0.2) is 22.8 Å². The third-order valence-corrected chi connectivity index (χ3v) is 3.97. The number of nitrogens with one attached hydrogen (secondary N) is 1. The van der Waals surface area contributed by atoms with E-state index in [1.807, 2.05) is 48.5 Å². The van der Waals surface area contributed by atoms with Gasteiger partial charge in [0.05, 0.1) is 19.9 Å². The number of amides is 1. The minimum atomic E-state index is -0.228. The molecule has 0 saturated heterocycles. The van der Waals surface area contributed by atoms with Crippen LogP contribution in [0.25, 0.3) is 6.08 Å². The Balaban J connectivity index is 1.64. The summed E-state index contributed by atoms with van der Waals surface area (Å²) in [6, 6.07) is 16.7. The lowest BCUT2D eigenvalue weighted by atomic mass is 10.2. The molecule has 0 fully saturated rings. The van der Waals surface area contributed by atoms with Crippen LogP contribution in [-0.2, 0) is 11.3 Å². The fourth-order valence-corrected chi connectivity index (χ4v) is 2.64. The molecule has 0 spiro atoms. The molecule has 3 rings (SSSR count). The summed E-state index contributed by atoms with van der Waals surface area (Å²) in [4.78, 5) is 12.2. The molecule has 2 aromatic carbocycles. The minimum Gasteiger partial charge on any atom is -0.497 e. The van der Waals surface area contributed by atoms with Crippen LogP contribution in [0, 0.1) is 0 Å². The van der Waals surface area contributed by atoms with Crippen LogP contribution in [0.1, 0.15) is 11.1 Å². The van der Waals surface area contributed by atoms with Gasteiger partial charge in [-0.15, -0.1) is 0 Å². The van der Waals surface area contributed by atoms with E-state index in [2.05, 4.69) is 10.4 Å². The zero-order chi connectivity index (χ0) is 18.4. The van der Waals surface area contributed by atoms with E-state index in [0.29, 0.717) is 17.4 Å². The lowest BCUT2D eigenvalue weighted by Gasteiger charge is -2.08. The van der Waals surface area contributed by atoms with Crippen LogP contribution in [0.2, 0.25) is 5.02 Å². The van der Waals surface area contributed by atoms with Crippen molar-refractivity contribution in [1.29, 1.82) is 0 Å². The molecular formula is C20H18ClN3O2. The van der Waals surface area contributed by atoms with Crippen molar-refractivity contribution in [3.63, 3.8) is 0 Å². The average Bonchev–Trinajstić information content (AvgIpc) is 3.07. The van der Waals surface area contributed by atoms with Gasteiger partial charge in [-0.1, -0.05) is 35.9 Å². The Morgan fingerprint density at radius 1 is 1.23 bits per heavy atom. The highest BCUT2D eigenvalue weighted by molar-refractivity contribution is 6.30. The van der Waals surface area contributed by atoms with Crippen LogP contribution < -0.4 is 10.1 Å². The maximum absolute atomic E-state index is 12.2. The van der Waals surface area contributed by atoms with Gasteiger partial charge in [0, 0.05) is 17.2 Å². The number of hydrogen-bond acceptors (Lipinski definition) is 3. The summed E-state index contributed by atoms with van der Waals surface area (Å²) in [5.74, 6) is 1.17. The van der Waals surface area contributed by atoms with E-state index < -0.39 is 0 Å². The third kappa shape index (κ3) is 4.74. The van der Waals surface area contributed by atoms with Gasteiger partial charge in [0.15, 0.2) is 0 Å². The molecule has 3 aromatic rings. The smallest absolute Gasteiger partial charge is 0.249 e. The van der Waals surface area contributed by atoms with E-state index in [1.54, 1.807) is 30.1 Å². The van der Waals surface area contributed by atoms with E-state index in [0.717, 1.165) is 16.9 Å². The summed E-state index contributed by atoms with van der Waals surface area (Å²) in [6.07, 6.45) is 4.87. The first kappa shape index (κ1) is 17.8. The van der Waals surface area contributed by atoms with Crippen LogP contribution in [0.4, 0.5) is 5.82 Å². The first-order valence-corrected chi connectivity index (χ1v) is 8.41. The Bertz CT molecular complexity index is 917. The molecule has 0 saturated carbocycles. The average molecular weight is 368 g/mol. The Kier molecular flexibility index (Phi) is 5.71. The van der Waals surface area contributed by atoms with Gasteiger partial charge in [-0.2, -0.15) is 5.10 Å². The Morgan fingerprint density at radius 2 is 2.04 bits per heavy atom. The second kappa shape index (κ2) is 8.36. The fraction of sp³-hybridized carbons (Fsp3) is 0.100. The van der Waals surface area contributed by atoms with Gasteiger partial charge in [0.2, 0.25) is 5.91 Å². The van der Waals surface area contributed by atoms with E-state index >= 15 is 0 Å². The first-order valence-electron chi connectivity index (χ1n) is 8.03. The number of benzene rings is 2. The van der Waals surface area contributed by atoms with Gasteiger partial charge in [-0.3, -0.25) is 4.79 Å². The molecule has 132 valence electrons. The predicted octanol–water partition coefficient (Wildman–Crippen LogP) is 4.25. The Morgan fingerprint density at radius 3 is 2.77 bits per heavy atom. The number of carbonyl (C=O) groups is 1. The molecule has 5 nitrogen and oxygen atoms in total. The number of aromatic nitrogens is 2. The Hall–Kier alpha value is -3.05. The van der Waals surface area contributed by atoms with Gasteiger partial charge < -0.3 is 10.1 Å². The molecule has 0 aliphatic heterocycles. The highest BCUT2D eigenvalue weighted by atomic mass is 35.5. The number of hydrogen-bond donors (Lipinski definition) is 1. The standard InChI is InChI=1S/C20H18ClN3O2/c1-26-18-8-5-15(6-9-18)7-10-20(25)23-19-11-12-22-24(19)14-16-3-2-4-17(21)13-16/h2-13H,14H2,1H3,(H,23,25)/b10-7+.